The lowest BCUT2D eigenvalue weighted by atomic mass is 9.90. The number of rotatable bonds is 4. The number of nitrogens with zero attached hydrogens (tertiary/aromatic N) is 3. The molecule has 8 nitrogen and oxygen atoms in total. The van der Waals surface area contributed by atoms with Crippen molar-refractivity contribution in [3.05, 3.63) is 47.5 Å². The van der Waals surface area contributed by atoms with E-state index in [0.717, 1.165) is 24.9 Å². The van der Waals surface area contributed by atoms with Crippen LogP contribution in [0.25, 0.3) is 11.0 Å². The number of aryl methyl sites for hydroxylation is 1. The average molecular weight is 441 g/mol. The van der Waals surface area contributed by atoms with Gasteiger partial charge < -0.3 is 5.32 Å². The molecule has 2 aromatic carbocycles. The minimum Gasteiger partial charge on any atom is -0.326 e. The molecule has 1 aromatic heterocycles. The van der Waals surface area contributed by atoms with Crippen LogP contribution >= 0.6 is 0 Å². The van der Waals surface area contributed by atoms with Gasteiger partial charge in [0.05, 0.1) is 0 Å². The molecule has 162 valence electrons. The van der Waals surface area contributed by atoms with Gasteiger partial charge in [-0.25, -0.2) is 13.0 Å². The number of fused-ring (bicyclic) bond motifs is 2. The maximum atomic E-state index is 13.1. The second-order valence-electron chi connectivity index (χ2n) is 8.21. The second kappa shape index (κ2) is 8.05. The average Bonchev–Trinajstić information content (AvgIpc) is 3.28. The first-order valence-corrected chi connectivity index (χ1v) is 12.1. The number of piperidine rings is 1. The van der Waals surface area contributed by atoms with Gasteiger partial charge in [0, 0.05) is 24.7 Å². The highest BCUT2D eigenvalue weighted by Gasteiger charge is 2.34. The van der Waals surface area contributed by atoms with E-state index in [9.17, 15) is 13.2 Å². The van der Waals surface area contributed by atoms with Crippen LogP contribution in [-0.4, -0.2) is 42.0 Å². The van der Waals surface area contributed by atoms with Crippen molar-refractivity contribution >= 4 is 32.7 Å². The maximum Gasteiger partial charge on any atom is 0.245 e. The van der Waals surface area contributed by atoms with Crippen molar-refractivity contribution in [1.29, 1.82) is 0 Å². The molecule has 0 atom stereocenters. The third-order valence-corrected chi connectivity index (χ3v) is 8.28. The SMILES string of the molecule is O=C(Nc1cccc2c1CCCC2)C1CCN(S(=O)(=O)c2cccc3nonc23)CC1. The van der Waals surface area contributed by atoms with Crippen molar-refractivity contribution < 1.29 is 17.8 Å². The van der Waals surface area contributed by atoms with Crippen LogP contribution in [0, 0.1) is 5.92 Å². The van der Waals surface area contributed by atoms with Crippen molar-refractivity contribution in [2.75, 3.05) is 18.4 Å². The van der Waals surface area contributed by atoms with E-state index in [0.29, 0.717) is 18.4 Å². The Morgan fingerprint density at radius 1 is 1.03 bits per heavy atom. The van der Waals surface area contributed by atoms with Crippen molar-refractivity contribution in [2.24, 2.45) is 5.92 Å². The summed E-state index contributed by atoms with van der Waals surface area (Å²) in [6.45, 7) is 0.573. The number of aromatic nitrogens is 2. The minimum atomic E-state index is -3.74. The Labute approximate surface area is 180 Å². The lowest BCUT2D eigenvalue weighted by molar-refractivity contribution is -0.120. The highest BCUT2D eigenvalue weighted by Crippen LogP contribution is 2.30. The monoisotopic (exact) mass is 440 g/mol. The Bertz CT molecular complexity index is 1230. The van der Waals surface area contributed by atoms with E-state index in [1.54, 1.807) is 12.1 Å². The molecule has 1 saturated heterocycles. The van der Waals surface area contributed by atoms with Gasteiger partial charge in [-0.2, -0.15) is 4.31 Å². The lowest BCUT2D eigenvalue weighted by Crippen LogP contribution is -2.41. The van der Waals surface area contributed by atoms with Crippen LogP contribution in [-0.2, 0) is 27.7 Å². The van der Waals surface area contributed by atoms with Crippen molar-refractivity contribution in [3.8, 4) is 0 Å². The molecule has 0 radical (unpaired) electrons. The summed E-state index contributed by atoms with van der Waals surface area (Å²) < 4.78 is 32.4. The Hall–Kier alpha value is -2.78. The van der Waals surface area contributed by atoms with E-state index < -0.39 is 10.0 Å². The normalized spacial score (nSPS) is 18.1. The van der Waals surface area contributed by atoms with Gasteiger partial charge in [-0.1, -0.05) is 18.2 Å². The molecule has 3 aromatic rings. The molecule has 0 unspecified atom stereocenters. The highest BCUT2D eigenvalue weighted by molar-refractivity contribution is 7.89. The molecule has 0 saturated carbocycles. The number of anilines is 1. The summed E-state index contributed by atoms with van der Waals surface area (Å²) in [4.78, 5) is 13.0. The maximum absolute atomic E-state index is 13.1. The minimum absolute atomic E-state index is 0.0289. The number of hydrogen-bond acceptors (Lipinski definition) is 6. The van der Waals surface area contributed by atoms with E-state index in [4.69, 9.17) is 4.63 Å². The highest BCUT2D eigenvalue weighted by atomic mass is 32.2. The predicted molar refractivity (Wildman–Crippen MR) is 115 cm³/mol. The Balaban J connectivity index is 1.27. The number of carbonyl (C=O) groups excluding carboxylic acids is 1. The third-order valence-electron chi connectivity index (χ3n) is 6.35. The molecule has 1 N–H and O–H groups in total. The van der Waals surface area contributed by atoms with Gasteiger partial charge in [-0.05, 0) is 78.2 Å². The smallest absolute Gasteiger partial charge is 0.245 e. The molecule has 31 heavy (non-hydrogen) atoms. The van der Waals surface area contributed by atoms with Gasteiger partial charge in [-0.15, -0.1) is 0 Å². The number of carbonyl (C=O) groups is 1. The van der Waals surface area contributed by atoms with Crippen LogP contribution in [0.2, 0.25) is 0 Å². The third kappa shape index (κ3) is 3.72. The fraction of sp³-hybridized carbons (Fsp3) is 0.409. The first-order chi connectivity index (χ1) is 15.0. The van der Waals surface area contributed by atoms with Gasteiger partial charge in [-0.3, -0.25) is 4.79 Å². The quantitative estimate of drug-likeness (QED) is 0.668. The van der Waals surface area contributed by atoms with Gasteiger partial charge >= 0.3 is 0 Å². The molecular formula is C22H24N4O4S. The number of amides is 1. The van der Waals surface area contributed by atoms with Gasteiger partial charge in [0.15, 0.2) is 5.52 Å². The summed E-state index contributed by atoms with van der Waals surface area (Å²) in [5.41, 5.74) is 4.11. The summed E-state index contributed by atoms with van der Waals surface area (Å²) >= 11 is 0. The van der Waals surface area contributed by atoms with Crippen molar-refractivity contribution in [3.63, 3.8) is 0 Å². The van der Waals surface area contributed by atoms with Crippen molar-refractivity contribution in [2.45, 2.75) is 43.4 Å². The number of benzene rings is 2. The van der Waals surface area contributed by atoms with Gasteiger partial charge in [0.2, 0.25) is 15.9 Å². The zero-order valence-corrected chi connectivity index (χ0v) is 17.9. The first-order valence-electron chi connectivity index (χ1n) is 10.7. The summed E-state index contributed by atoms with van der Waals surface area (Å²) in [6, 6.07) is 10.9. The van der Waals surface area contributed by atoms with Gasteiger partial charge in [0.1, 0.15) is 10.4 Å². The second-order valence-corrected chi connectivity index (χ2v) is 10.1. The Kier molecular flexibility index (Phi) is 5.23. The lowest BCUT2D eigenvalue weighted by Gasteiger charge is -2.31. The van der Waals surface area contributed by atoms with Crippen LogP contribution in [0.5, 0.6) is 0 Å². The fourth-order valence-electron chi connectivity index (χ4n) is 4.62. The standard InChI is InChI=1S/C22H24N4O4S/c27-22(23-18-8-3-6-15-5-1-2-7-17(15)18)16-11-13-26(14-12-16)31(28,29)20-10-4-9-19-21(20)25-30-24-19/h3-4,6,8-10,16H,1-2,5,7,11-14H2,(H,23,27). The van der Waals surface area contributed by atoms with E-state index in [2.05, 4.69) is 21.7 Å². The number of nitrogens with one attached hydrogen (secondary N) is 1. The molecule has 0 spiro atoms. The van der Waals surface area contributed by atoms with Crippen molar-refractivity contribution in [1.82, 2.24) is 14.6 Å². The molecule has 9 heteroatoms. The molecule has 2 heterocycles. The molecule has 2 aliphatic rings. The van der Waals surface area contributed by atoms with E-state index in [1.807, 2.05) is 12.1 Å². The molecule has 0 bridgehead atoms. The Morgan fingerprint density at radius 2 is 1.81 bits per heavy atom. The fourth-order valence-corrected chi connectivity index (χ4v) is 6.23. The van der Waals surface area contributed by atoms with E-state index in [-0.39, 0.29) is 35.3 Å². The van der Waals surface area contributed by atoms with Crippen LogP contribution in [0.3, 0.4) is 0 Å². The predicted octanol–water partition coefficient (Wildman–Crippen LogP) is 3.14. The topological polar surface area (TPSA) is 105 Å². The summed E-state index contributed by atoms with van der Waals surface area (Å²) in [5.74, 6) is -0.241. The van der Waals surface area contributed by atoms with Crippen LogP contribution in [0.15, 0.2) is 45.9 Å². The molecule has 1 aliphatic heterocycles. The van der Waals surface area contributed by atoms with Crippen LogP contribution in [0.1, 0.15) is 36.8 Å². The zero-order chi connectivity index (χ0) is 21.4. The van der Waals surface area contributed by atoms with Crippen LogP contribution < -0.4 is 5.32 Å². The molecule has 1 amide bonds. The Morgan fingerprint density at radius 3 is 2.65 bits per heavy atom. The molecular weight excluding hydrogens is 416 g/mol. The number of hydrogen-bond donors (Lipinski definition) is 1. The molecule has 1 fully saturated rings. The van der Waals surface area contributed by atoms with Crippen LogP contribution in [0.4, 0.5) is 5.69 Å². The number of sulfonamides is 1. The summed E-state index contributed by atoms with van der Waals surface area (Å²) in [5, 5.41) is 10.6. The zero-order valence-electron chi connectivity index (χ0n) is 17.1. The molecule has 5 rings (SSSR count). The van der Waals surface area contributed by atoms with Gasteiger partial charge in [0.25, 0.3) is 0 Å². The van der Waals surface area contributed by atoms with E-state index in [1.165, 1.54) is 27.9 Å². The summed E-state index contributed by atoms with van der Waals surface area (Å²) in [7, 11) is -3.74. The van der Waals surface area contributed by atoms with E-state index >= 15 is 0 Å². The largest absolute Gasteiger partial charge is 0.326 e. The summed E-state index contributed by atoms with van der Waals surface area (Å²) in [6.07, 6.45) is 5.34. The first kappa shape index (κ1) is 20.1. The molecule has 1 aliphatic carbocycles.